The summed E-state index contributed by atoms with van der Waals surface area (Å²) in [6.45, 7) is 3.95. The van der Waals surface area contributed by atoms with E-state index in [0.29, 0.717) is 0 Å². The maximum atomic E-state index is 5.78. The number of rotatable bonds is 5. The number of benzene rings is 1. The largest absolute Gasteiger partial charge is 0.748 e. The molecule has 0 aliphatic carbocycles. The summed E-state index contributed by atoms with van der Waals surface area (Å²) in [6.07, 6.45) is 0. The fourth-order valence-electron chi connectivity index (χ4n) is 1.46. The molecule has 5 heteroatoms. The van der Waals surface area contributed by atoms with Crippen molar-refractivity contribution in [3.8, 4) is 5.75 Å². The minimum absolute atomic E-state index is 0.764. The van der Waals surface area contributed by atoms with Gasteiger partial charge in [-0.05, 0) is 25.0 Å². The molecule has 0 heterocycles. The van der Waals surface area contributed by atoms with Crippen LogP contribution >= 0.6 is 0 Å². The second-order valence-corrected chi connectivity index (χ2v) is 5.86. The summed E-state index contributed by atoms with van der Waals surface area (Å²) in [7, 11) is 1.54. The molecule has 0 aliphatic rings. The van der Waals surface area contributed by atoms with Gasteiger partial charge in [-0.15, -0.1) is 0 Å². The van der Waals surface area contributed by atoms with E-state index in [2.05, 4.69) is 0 Å². The summed E-state index contributed by atoms with van der Waals surface area (Å²) in [4.78, 5) is 0. The van der Waals surface area contributed by atoms with E-state index in [4.69, 9.17) is 17.7 Å². The van der Waals surface area contributed by atoms with Crippen LogP contribution in [0.4, 0.5) is 0 Å². The number of hydrogen-bond donors (Lipinski definition) is 0. The lowest BCUT2D eigenvalue weighted by Gasteiger charge is -2.25. The zero-order chi connectivity index (χ0) is 12.2. The molecule has 0 saturated carbocycles. The number of hydrogen-bond acceptors (Lipinski definition) is 4. The summed E-state index contributed by atoms with van der Waals surface area (Å²) in [5.41, 5.74) is 2.06. The highest BCUT2D eigenvalue weighted by molar-refractivity contribution is 6.54. The molecule has 0 saturated heterocycles. The van der Waals surface area contributed by atoms with Crippen molar-refractivity contribution in [2.24, 2.45) is 0 Å². The van der Waals surface area contributed by atoms with Crippen LogP contribution in [0.5, 0.6) is 5.75 Å². The maximum absolute atomic E-state index is 5.78. The topological polar surface area (TPSA) is 36.9 Å². The molecule has 0 bridgehead atoms. The molecule has 4 nitrogen and oxygen atoms in total. The van der Waals surface area contributed by atoms with E-state index in [-0.39, 0.29) is 0 Å². The first-order valence-electron chi connectivity index (χ1n) is 4.99. The Morgan fingerprint density at radius 2 is 1.31 bits per heavy atom. The molecule has 1 rings (SSSR count). The maximum Gasteiger partial charge on any atom is 0.748 e. The van der Waals surface area contributed by atoms with Gasteiger partial charge in [-0.3, -0.25) is 0 Å². The molecule has 1 aromatic rings. The first-order valence-corrected chi connectivity index (χ1v) is 6.62. The van der Waals surface area contributed by atoms with Crippen molar-refractivity contribution in [2.45, 2.75) is 13.8 Å². The van der Waals surface area contributed by atoms with E-state index in [9.17, 15) is 0 Å². The Labute approximate surface area is 97.6 Å². The van der Waals surface area contributed by atoms with Gasteiger partial charge in [-0.1, -0.05) is 18.2 Å². The Kier molecular flexibility index (Phi) is 4.49. The standard InChI is InChI=1S/C11H18O4Si/c1-9-7-6-8-10(2)11(9)15-16(12-3,13-4)14-5/h6-8H,1-5H3. The van der Waals surface area contributed by atoms with E-state index in [1.54, 1.807) is 0 Å². The predicted octanol–water partition coefficient (Wildman–Crippen LogP) is 2.06. The van der Waals surface area contributed by atoms with Gasteiger partial charge in [-0.2, -0.15) is 0 Å². The molecule has 0 spiro atoms. The highest BCUT2D eigenvalue weighted by Crippen LogP contribution is 2.26. The van der Waals surface area contributed by atoms with Crippen molar-refractivity contribution in [1.29, 1.82) is 0 Å². The SMILES string of the molecule is CO[Si](OC)(OC)Oc1c(C)cccc1C. The fraction of sp³-hybridized carbons (Fsp3) is 0.455. The van der Waals surface area contributed by atoms with Crippen molar-refractivity contribution in [2.75, 3.05) is 21.3 Å². The third-order valence-corrected chi connectivity index (χ3v) is 4.34. The summed E-state index contributed by atoms with van der Waals surface area (Å²) >= 11 is 0. The zero-order valence-corrected chi connectivity index (χ0v) is 11.4. The third kappa shape index (κ3) is 2.62. The molecular weight excluding hydrogens is 224 g/mol. The normalized spacial score (nSPS) is 11.6. The lowest BCUT2D eigenvalue weighted by molar-refractivity contribution is 0.0505. The van der Waals surface area contributed by atoms with Crippen LogP contribution in [-0.2, 0) is 13.3 Å². The fourth-order valence-corrected chi connectivity index (χ4v) is 2.78. The van der Waals surface area contributed by atoms with E-state index >= 15 is 0 Å². The Bertz CT molecular complexity index is 321. The van der Waals surface area contributed by atoms with Crippen LogP contribution in [0.3, 0.4) is 0 Å². The van der Waals surface area contributed by atoms with Gasteiger partial charge in [0.15, 0.2) is 0 Å². The Hall–Kier alpha value is -0.883. The minimum atomic E-state index is -3.02. The molecular formula is C11H18O4Si. The summed E-state index contributed by atoms with van der Waals surface area (Å²) in [5.74, 6) is 0.764. The first kappa shape index (κ1) is 13.2. The van der Waals surface area contributed by atoms with Gasteiger partial charge in [0.1, 0.15) is 5.75 Å². The van der Waals surface area contributed by atoms with E-state index in [1.165, 1.54) is 21.3 Å². The molecule has 0 fully saturated rings. The molecule has 90 valence electrons. The monoisotopic (exact) mass is 242 g/mol. The second-order valence-electron chi connectivity index (χ2n) is 3.44. The molecule has 16 heavy (non-hydrogen) atoms. The lowest BCUT2D eigenvalue weighted by atomic mass is 10.1. The van der Waals surface area contributed by atoms with Crippen molar-refractivity contribution < 1.29 is 17.7 Å². The number of aryl methyl sites for hydroxylation is 2. The quantitative estimate of drug-likeness (QED) is 0.741. The zero-order valence-electron chi connectivity index (χ0n) is 10.4. The molecule has 0 radical (unpaired) electrons. The Balaban J connectivity index is 3.02. The summed E-state index contributed by atoms with van der Waals surface area (Å²) < 4.78 is 21.5. The van der Waals surface area contributed by atoms with E-state index in [1.807, 2.05) is 32.0 Å². The Morgan fingerprint density at radius 1 is 0.875 bits per heavy atom. The van der Waals surface area contributed by atoms with Crippen LogP contribution in [0.1, 0.15) is 11.1 Å². The average Bonchev–Trinajstić information content (AvgIpc) is 2.30. The Morgan fingerprint density at radius 3 is 1.69 bits per heavy atom. The first-order chi connectivity index (χ1) is 7.58. The van der Waals surface area contributed by atoms with Crippen molar-refractivity contribution in [1.82, 2.24) is 0 Å². The third-order valence-electron chi connectivity index (χ3n) is 2.39. The van der Waals surface area contributed by atoms with Crippen LogP contribution < -0.4 is 4.43 Å². The molecule has 1 aromatic carbocycles. The average molecular weight is 242 g/mol. The van der Waals surface area contributed by atoms with Crippen molar-refractivity contribution >= 4 is 9.05 Å². The molecule has 0 atom stereocenters. The molecule has 0 aromatic heterocycles. The predicted molar refractivity (Wildman–Crippen MR) is 63.3 cm³/mol. The second kappa shape index (κ2) is 5.45. The lowest BCUT2D eigenvalue weighted by Crippen LogP contribution is -2.49. The molecule has 0 N–H and O–H groups in total. The van der Waals surface area contributed by atoms with Crippen molar-refractivity contribution in [3.63, 3.8) is 0 Å². The van der Waals surface area contributed by atoms with Crippen LogP contribution in [0.15, 0.2) is 18.2 Å². The van der Waals surface area contributed by atoms with E-state index in [0.717, 1.165) is 16.9 Å². The molecule has 0 aliphatic heterocycles. The van der Waals surface area contributed by atoms with Crippen molar-refractivity contribution in [3.05, 3.63) is 29.3 Å². The van der Waals surface area contributed by atoms with Gasteiger partial charge >= 0.3 is 9.05 Å². The van der Waals surface area contributed by atoms with Gasteiger partial charge < -0.3 is 17.7 Å². The number of para-hydroxylation sites is 1. The summed E-state index contributed by atoms with van der Waals surface area (Å²) in [6, 6.07) is 5.93. The smallest absolute Gasteiger partial charge is 0.480 e. The van der Waals surface area contributed by atoms with Gasteiger partial charge in [0.25, 0.3) is 0 Å². The molecule has 0 unspecified atom stereocenters. The van der Waals surface area contributed by atoms with Crippen LogP contribution in [0, 0.1) is 13.8 Å². The van der Waals surface area contributed by atoms with Crippen LogP contribution in [0.2, 0.25) is 0 Å². The van der Waals surface area contributed by atoms with Gasteiger partial charge in [0, 0.05) is 21.3 Å². The van der Waals surface area contributed by atoms with Crippen LogP contribution in [0.25, 0.3) is 0 Å². The highest BCUT2D eigenvalue weighted by Gasteiger charge is 2.45. The van der Waals surface area contributed by atoms with Gasteiger partial charge in [-0.25, -0.2) is 0 Å². The molecule has 0 amide bonds. The van der Waals surface area contributed by atoms with Crippen LogP contribution in [-0.4, -0.2) is 30.4 Å². The van der Waals surface area contributed by atoms with Gasteiger partial charge in [0.2, 0.25) is 0 Å². The summed E-state index contributed by atoms with van der Waals surface area (Å²) in [5, 5.41) is 0. The van der Waals surface area contributed by atoms with Gasteiger partial charge in [0.05, 0.1) is 0 Å². The minimum Gasteiger partial charge on any atom is -0.480 e. The van der Waals surface area contributed by atoms with E-state index < -0.39 is 9.05 Å². The highest BCUT2D eigenvalue weighted by atomic mass is 28.4.